The highest BCUT2D eigenvalue weighted by Gasteiger charge is 2.25. The number of nitrogens with one attached hydrogen (secondary N) is 2. The zero-order valence-electron chi connectivity index (χ0n) is 12.2. The molecule has 3 rings (SSSR count). The molecular formula is C16H20N4O. The minimum absolute atomic E-state index is 0.0450. The van der Waals surface area contributed by atoms with Gasteiger partial charge in [0.1, 0.15) is 0 Å². The summed E-state index contributed by atoms with van der Waals surface area (Å²) in [4.78, 5) is 12.4. The Balaban J connectivity index is 1.59. The fraction of sp³-hybridized carbons (Fsp3) is 0.375. The van der Waals surface area contributed by atoms with Crippen LogP contribution in [0.5, 0.6) is 0 Å². The number of benzene rings is 1. The van der Waals surface area contributed by atoms with Crippen LogP contribution in [-0.4, -0.2) is 28.8 Å². The Hall–Kier alpha value is -2.30. The van der Waals surface area contributed by atoms with Gasteiger partial charge in [0.2, 0.25) is 5.91 Å². The first-order chi connectivity index (χ1) is 10.2. The summed E-state index contributed by atoms with van der Waals surface area (Å²) in [6.07, 6.45) is 5.47. The maximum absolute atomic E-state index is 12.4. The number of rotatable bonds is 4. The average Bonchev–Trinajstić information content (AvgIpc) is 2.92. The fourth-order valence-electron chi connectivity index (χ4n) is 2.80. The molecule has 1 aliphatic rings. The summed E-state index contributed by atoms with van der Waals surface area (Å²) in [5, 5.41) is 10.5. The molecule has 5 heteroatoms. The summed E-state index contributed by atoms with van der Waals surface area (Å²) in [6.45, 7) is 1.49. The van der Waals surface area contributed by atoms with Crippen molar-refractivity contribution in [1.82, 2.24) is 15.1 Å². The molecule has 0 bridgehead atoms. The van der Waals surface area contributed by atoms with Crippen molar-refractivity contribution in [2.45, 2.75) is 18.8 Å². The number of amides is 1. The van der Waals surface area contributed by atoms with Crippen molar-refractivity contribution in [2.75, 3.05) is 18.4 Å². The Labute approximate surface area is 124 Å². The van der Waals surface area contributed by atoms with Gasteiger partial charge in [0.25, 0.3) is 0 Å². The zero-order valence-corrected chi connectivity index (χ0v) is 12.2. The summed E-state index contributed by atoms with van der Waals surface area (Å²) in [7, 11) is 1.90. The van der Waals surface area contributed by atoms with Gasteiger partial charge < -0.3 is 10.6 Å². The number of carbonyl (C=O) groups is 1. The molecule has 21 heavy (non-hydrogen) atoms. The molecule has 0 aliphatic carbocycles. The van der Waals surface area contributed by atoms with Crippen LogP contribution in [0.1, 0.15) is 23.5 Å². The Kier molecular flexibility index (Phi) is 3.90. The molecule has 5 nitrogen and oxygen atoms in total. The monoisotopic (exact) mass is 284 g/mol. The molecule has 1 aliphatic heterocycles. The Morgan fingerprint density at radius 1 is 1.48 bits per heavy atom. The predicted molar refractivity (Wildman–Crippen MR) is 82.2 cm³/mol. The molecule has 1 atom stereocenters. The van der Waals surface area contributed by atoms with Crippen molar-refractivity contribution in [2.24, 2.45) is 7.05 Å². The van der Waals surface area contributed by atoms with Crippen molar-refractivity contribution in [3.05, 3.63) is 47.8 Å². The van der Waals surface area contributed by atoms with Gasteiger partial charge in [-0.05, 0) is 30.0 Å². The van der Waals surface area contributed by atoms with E-state index in [2.05, 4.69) is 15.7 Å². The molecule has 2 aromatic rings. The van der Waals surface area contributed by atoms with E-state index in [0.717, 1.165) is 36.2 Å². The molecule has 2 heterocycles. The second-order valence-electron chi connectivity index (χ2n) is 5.42. The molecule has 1 unspecified atom stereocenters. The van der Waals surface area contributed by atoms with Gasteiger partial charge in [-0.2, -0.15) is 5.10 Å². The lowest BCUT2D eigenvalue weighted by atomic mass is 9.90. The van der Waals surface area contributed by atoms with E-state index in [-0.39, 0.29) is 11.8 Å². The molecule has 0 radical (unpaired) electrons. The van der Waals surface area contributed by atoms with Crippen LogP contribution in [0.15, 0.2) is 36.7 Å². The highest BCUT2D eigenvalue weighted by atomic mass is 16.1. The van der Waals surface area contributed by atoms with E-state index in [1.165, 1.54) is 0 Å². The van der Waals surface area contributed by atoms with Crippen LogP contribution in [0.25, 0.3) is 0 Å². The van der Waals surface area contributed by atoms with Crippen LogP contribution in [0.2, 0.25) is 0 Å². The lowest BCUT2D eigenvalue weighted by molar-refractivity contribution is -0.122. The third-order valence-corrected chi connectivity index (χ3v) is 3.87. The number of anilines is 1. The van der Waals surface area contributed by atoms with Gasteiger partial charge in [-0.15, -0.1) is 0 Å². The SMILES string of the molecule is Cn1cc(CCNC(=O)C2CCNc3ccccc32)cn1. The topological polar surface area (TPSA) is 59.0 Å². The zero-order chi connectivity index (χ0) is 14.7. The number of hydrogen-bond acceptors (Lipinski definition) is 3. The van der Waals surface area contributed by atoms with E-state index in [4.69, 9.17) is 0 Å². The van der Waals surface area contributed by atoms with Gasteiger partial charge >= 0.3 is 0 Å². The van der Waals surface area contributed by atoms with Crippen molar-refractivity contribution in [3.63, 3.8) is 0 Å². The van der Waals surface area contributed by atoms with Gasteiger partial charge in [-0.3, -0.25) is 9.48 Å². The number of carbonyl (C=O) groups excluding carboxylic acids is 1. The van der Waals surface area contributed by atoms with Crippen molar-refractivity contribution in [3.8, 4) is 0 Å². The summed E-state index contributed by atoms with van der Waals surface area (Å²) >= 11 is 0. The number of hydrogen-bond donors (Lipinski definition) is 2. The number of aryl methyl sites for hydroxylation is 1. The van der Waals surface area contributed by atoms with Gasteiger partial charge in [-0.25, -0.2) is 0 Å². The lowest BCUT2D eigenvalue weighted by Crippen LogP contribution is -2.34. The van der Waals surface area contributed by atoms with E-state index >= 15 is 0 Å². The number of aromatic nitrogens is 2. The van der Waals surface area contributed by atoms with Gasteiger partial charge in [0.15, 0.2) is 0 Å². The molecule has 1 amide bonds. The smallest absolute Gasteiger partial charge is 0.227 e. The maximum atomic E-state index is 12.4. The lowest BCUT2D eigenvalue weighted by Gasteiger charge is -2.25. The maximum Gasteiger partial charge on any atom is 0.227 e. The fourth-order valence-corrected chi connectivity index (χ4v) is 2.80. The molecule has 0 fully saturated rings. The Bertz CT molecular complexity index is 635. The third kappa shape index (κ3) is 3.07. The van der Waals surface area contributed by atoms with Crippen molar-refractivity contribution >= 4 is 11.6 Å². The van der Waals surface area contributed by atoms with Crippen molar-refractivity contribution in [1.29, 1.82) is 0 Å². The van der Waals surface area contributed by atoms with Gasteiger partial charge in [-0.1, -0.05) is 18.2 Å². The molecule has 0 spiro atoms. The largest absolute Gasteiger partial charge is 0.385 e. The van der Waals surface area contributed by atoms with Crippen LogP contribution >= 0.6 is 0 Å². The second-order valence-corrected chi connectivity index (χ2v) is 5.42. The van der Waals surface area contributed by atoms with Crippen LogP contribution in [0.4, 0.5) is 5.69 Å². The van der Waals surface area contributed by atoms with E-state index < -0.39 is 0 Å². The van der Waals surface area contributed by atoms with E-state index in [1.807, 2.05) is 43.7 Å². The number of fused-ring (bicyclic) bond motifs is 1. The van der Waals surface area contributed by atoms with Crippen LogP contribution in [0.3, 0.4) is 0 Å². The number of nitrogens with zero attached hydrogens (tertiary/aromatic N) is 2. The van der Waals surface area contributed by atoms with E-state index in [0.29, 0.717) is 6.54 Å². The molecule has 2 N–H and O–H groups in total. The van der Waals surface area contributed by atoms with Crippen LogP contribution in [0, 0.1) is 0 Å². The summed E-state index contributed by atoms with van der Waals surface area (Å²) < 4.78 is 1.78. The standard InChI is InChI=1S/C16H20N4O/c1-20-11-12(10-19-20)6-8-18-16(21)14-7-9-17-15-5-3-2-4-13(14)15/h2-5,10-11,14,17H,6-9H2,1H3,(H,18,21). The minimum atomic E-state index is -0.0450. The first kappa shape index (κ1) is 13.7. The van der Waals surface area contributed by atoms with E-state index in [9.17, 15) is 4.79 Å². The average molecular weight is 284 g/mol. The Morgan fingerprint density at radius 3 is 3.14 bits per heavy atom. The van der Waals surface area contributed by atoms with Crippen molar-refractivity contribution < 1.29 is 4.79 Å². The summed E-state index contributed by atoms with van der Waals surface area (Å²) in [6, 6.07) is 8.05. The summed E-state index contributed by atoms with van der Waals surface area (Å²) in [5.74, 6) is 0.0733. The van der Waals surface area contributed by atoms with Gasteiger partial charge in [0.05, 0.1) is 12.1 Å². The third-order valence-electron chi connectivity index (χ3n) is 3.87. The predicted octanol–water partition coefficient (Wildman–Crippen LogP) is 1.68. The first-order valence-corrected chi connectivity index (χ1v) is 7.32. The Morgan fingerprint density at radius 2 is 2.33 bits per heavy atom. The minimum Gasteiger partial charge on any atom is -0.385 e. The number of para-hydroxylation sites is 1. The summed E-state index contributed by atoms with van der Waals surface area (Å²) in [5.41, 5.74) is 3.32. The molecule has 0 saturated heterocycles. The van der Waals surface area contributed by atoms with Crippen LogP contribution in [-0.2, 0) is 18.3 Å². The molecule has 110 valence electrons. The molecule has 0 saturated carbocycles. The normalized spacial score (nSPS) is 16.9. The second kappa shape index (κ2) is 5.99. The molecule has 1 aromatic heterocycles. The first-order valence-electron chi connectivity index (χ1n) is 7.32. The van der Waals surface area contributed by atoms with Crippen LogP contribution < -0.4 is 10.6 Å². The molecular weight excluding hydrogens is 264 g/mol. The van der Waals surface area contributed by atoms with E-state index in [1.54, 1.807) is 4.68 Å². The highest BCUT2D eigenvalue weighted by molar-refractivity contribution is 5.86. The van der Waals surface area contributed by atoms with Gasteiger partial charge in [0, 0.05) is 32.0 Å². The molecule has 1 aromatic carbocycles. The highest BCUT2D eigenvalue weighted by Crippen LogP contribution is 2.31. The quantitative estimate of drug-likeness (QED) is 0.898.